The average molecular weight is 489 g/mol. The van der Waals surface area contributed by atoms with Crippen LogP contribution in [0.3, 0.4) is 0 Å². The Bertz CT molecular complexity index is 1180. The number of amides is 1. The number of hydrogen-bond acceptors (Lipinski definition) is 6. The van der Waals surface area contributed by atoms with Crippen LogP contribution in [0.25, 0.3) is 0 Å². The van der Waals surface area contributed by atoms with Crippen molar-refractivity contribution in [3.05, 3.63) is 65.6 Å². The summed E-state index contributed by atoms with van der Waals surface area (Å²) >= 11 is 0. The number of fused-ring (bicyclic) bond motifs is 1. The van der Waals surface area contributed by atoms with E-state index >= 15 is 0 Å². The summed E-state index contributed by atoms with van der Waals surface area (Å²) in [7, 11) is 4.54. The van der Waals surface area contributed by atoms with Crippen molar-refractivity contribution in [3.63, 3.8) is 0 Å². The molecule has 1 aromatic carbocycles. The summed E-state index contributed by atoms with van der Waals surface area (Å²) in [6.07, 6.45) is -1.47. The third-order valence-corrected chi connectivity index (χ3v) is 6.06. The monoisotopic (exact) mass is 489 g/mol. The highest BCUT2D eigenvalue weighted by atomic mass is 19.4. The Morgan fingerprint density at radius 1 is 1.20 bits per heavy atom. The lowest BCUT2D eigenvalue weighted by Crippen LogP contribution is -2.37. The number of hydrogen-bond donors (Lipinski definition) is 1. The zero-order valence-corrected chi connectivity index (χ0v) is 19.5. The van der Waals surface area contributed by atoms with Gasteiger partial charge in [-0.1, -0.05) is 12.1 Å². The summed E-state index contributed by atoms with van der Waals surface area (Å²) in [6.45, 7) is 0.349. The predicted octanol–water partition coefficient (Wildman–Crippen LogP) is 4.27. The molecule has 11 heteroatoms. The van der Waals surface area contributed by atoms with Crippen LogP contribution >= 0.6 is 0 Å². The Balaban J connectivity index is 1.62. The van der Waals surface area contributed by atoms with Crippen molar-refractivity contribution in [1.29, 1.82) is 0 Å². The van der Waals surface area contributed by atoms with Crippen LogP contribution in [-0.4, -0.2) is 59.6 Å². The minimum absolute atomic E-state index is 0.0352. The Morgan fingerprint density at radius 2 is 1.97 bits per heavy atom. The number of nitrogens with one attached hydrogen (secondary N) is 1. The Morgan fingerprint density at radius 3 is 2.63 bits per heavy atom. The molecular weight excluding hydrogens is 463 g/mol. The molecule has 2 aromatic heterocycles. The largest absolute Gasteiger partial charge is 0.493 e. The smallest absolute Gasteiger partial charge is 0.410 e. The summed E-state index contributed by atoms with van der Waals surface area (Å²) in [4.78, 5) is 18.9. The number of rotatable bonds is 7. The van der Waals surface area contributed by atoms with Crippen LogP contribution in [0.2, 0.25) is 0 Å². The first-order valence-electron chi connectivity index (χ1n) is 11.0. The van der Waals surface area contributed by atoms with E-state index < -0.39 is 24.2 Å². The summed E-state index contributed by atoms with van der Waals surface area (Å²) in [5, 5.41) is 7.05. The van der Waals surface area contributed by atoms with Crippen molar-refractivity contribution in [2.24, 2.45) is 0 Å². The van der Waals surface area contributed by atoms with Crippen LogP contribution in [0.4, 0.5) is 19.0 Å². The maximum atomic E-state index is 14.0. The van der Waals surface area contributed by atoms with Gasteiger partial charge in [0.25, 0.3) is 5.91 Å². The number of anilines is 1. The number of methoxy groups -OCH3 is 2. The fraction of sp³-hybridized carbons (Fsp3) is 0.375. The van der Waals surface area contributed by atoms with Crippen molar-refractivity contribution in [2.45, 2.75) is 31.1 Å². The molecule has 1 N–H and O–H groups in total. The molecule has 2 atom stereocenters. The second-order valence-corrected chi connectivity index (χ2v) is 8.25. The second kappa shape index (κ2) is 9.85. The first kappa shape index (κ1) is 24.4. The fourth-order valence-electron chi connectivity index (χ4n) is 4.14. The predicted molar refractivity (Wildman–Crippen MR) is 123 cm³/mol. The van der Waals surface area contributed by atoms with Crippen molar-refractivity contribution in [1.82, 2.24) is 19.7 Å². The zero-order valence-electron chi connectivity index (χ0n) is 19.5. The van der Waals surface area contributed by atoms with Gasteiger partial charge < -0.3 is 19.7 Å². The number of likely N-dealkylation sites (N-methyl/N-ethyl adjacent to an activating group) is 1. The van der Waals surface area contributed by atoms with Gasteiger partial charge in [0.1, 0.15) is 11.4 Å². The Labute approximate surface area is 200 Å². The van der Waals surface area contributed by atoms with Gasteiger partial charge in [0, 0.05) is 38.3 Å². The van der Waals surface area contributed by atoms with Crippen LogP contribution in [0.15, 0.2) is 48.8 Å². The number of alkyl halides is 3. The summed E-state index contributed by atoms with van der Waals surface area (Å²) in [5.41, 5.74) is 1.46. The van der Waals surface area contributed by atoms with Gasteiger partial charge in [-0.15, -0.1) is 0 Å². The molecule has 0 saturated heterocycles. The normalized spacial score (nSPS) is 17.3. The van der Waals surface area contributed by atoms with Crippen molar-refractivity contribution in [3.8, 4) is 11.5 Å². The number of ether oxygens (including phenoxy) is 2. The average Bonchev–Trinajstić information content (AvgIpc) is 3.29. The Kier molecular flexibility index (Phi) is 6.86. The standard InChI is InChI=1S/C24H26F3N5O3/c1-31(11-9-16-6-4-5-10-28-16)23(33)17-14-29-32-21(24(25,26)27)13-18(30-22(17)32)15-7-8-19(34-2)20(12-15)35-3/h4-8,10,12,14,18,21,30H,9,11,13H2,1-3H3. The van der Waals surface area contributed by atoms with E-state index in [1.54, 1.807) is 37.5 Å². The third kappa shape index (κ3) is 5.03. The zero-order chi connectivity index (χ0) is 25.2. The first-order valence-corrected chi connectivity index (χ1v) is 11.0. The van der Waals surface area contributed by atoms with Gasteiger partial charge >= 0.3 is 6.18 Å². The number of pyridine rings is 1. The van der Waals surface area contributed by atoms with Crippen LogP contribution in [0.1, 0.15) is 40.1 Å². The Hall–Kier alpha value is -3.76. The topological polar surface area (TPSA) is 81.5 Å². The fourth-order valence-corrected chi connectivity index (χ4v) is 4.14. The highest BCUT2D eigenvalue weighted by Crippen LogP contribution is 2.45. The first-order chi connectivity index (χ1) is 16.7. The van der Waals surface area contributed by atoms with E-state index in [1.807, 2.05) is 12.1 Å². The minimum Gasteiger partial charge on any atom is -0.493 e. The molecule has 2 unspecified atom stereocenters. The van der Waals surface area contributed by atoms with Crippen LogP contribution in [0, 0.1) is 0 Å². The van der Waals surface area contributed by atoms with Crippen LogP contribution in [-0.2, 0) is 6.42 Å². The molecule has 1 aliphatic rings. The number of nitrogens with zero attached hydrogens (tertiary/aromatic N) is 4. The maximum Gasteiger partial charge on any atom is 0.410 e. The van der Waals surface area contributed by atoms with E-state index in [0.717, 1.165) is 10.4 Å². The lowest BCUT2D eigenvalue weighted by atomic mass is 9.96. The van der Waals surface area contributed by atoms with Crippen molar-refractivity contribution < 1.29 is 27.4 Å². The van der Waals surface area contributed by atoms with Gasteiger partial charge in [0.15, 0.2) is 17.5 Å². The minimum atomic E-state index is -4.55. The number of halogens is 3. The summed E-state index contributed by atoms with van der Waals surface area (Å²) in [5.74, 6) is 0.478. The summed E-state index contributed by atoms with van der Waals surface area (Å²) in [6, 6.07) is 7.84. The highest BCUT2D eigenvalue weighted by Gasteiger charge is 2.47. The second-order valence-electron chi connectivity index (χ2n) is 8.25. The van der Waals surface area contributed by atoms with Gasteiger partial charge in [-0.05, 0) is 29.8 Å². The molecule has 3 heterocycles. The van der Waals surface area contributed by atoms with Crippen molar-refractivity contribution >= 4 is 11.7 Å². The molecule has 0 spiro atoms. The van der Waals surface area contributed by atoms with E-state index in [1.165, 1.54) is 25.3 Å². The number of carbonyl (C=O) groups is 1. The highest BCUT2D eigenvalue weighted by molar-refractivity contribution is 5.98. The molecule has 0 bridgehead atoms. The lowest BCUT2D eigenvalue weighted by Gasteiger charge is -2.34. The van der Waals surface area contributed by atoms with E-state index in [9.17, 15) is 18.0 Å². The van der Waals surface area contributed by atoms with Crippen molar-refractivity contribution in [2.75, 3.05) is 33.1 Å². The van der Waals surface area contributed by atoms with Crippen LogP contribution < -0.4 is 14.8 Å². The number of benzene rings is 1. The SMILES string of the molecule is COc1ccc(C2CC(C(F)(F)F)n3ncc(C(=O)N(C)CCc4ccccn4)c3N2)cc1OC. The molecule has 1 amide bonds. The van der Waals surface area contributed by atoms with Gasteiger partial charge in [-0.2, -0.15) is 18.3 Å². The van der Waals surface area contributed by atoms with E-state index in [0.29, 0.717) is 30.0 Å². The van der Waals surface area contributed by atoms with Gasteiger partial charge in [-0.25, -0.2) is 4.68 Å². The molecule has 4 rings (SSSR count). The molecule has 0 radical (unpaired) electrons. The molecule has 0 saturated carbocycles. The molecular formula is C24H26F3N5O3. The van der Waals surface area contributed by atoms with Gasteiger partial charge in [0.2, 0.25) is 0 Å². The van der Waals surface area contributed by atoms with Gasteiger partial charge in [0.05, 0.1) is 26.5 Å². The van der Waals surface area contributed by atoms with E-state index in [4.69, 9.17) is 9.47 Å². The molecule has 3 aromatic rings. The quantitative estimate of drug-likeness (QED) is 0.534. The molecule has 8 nitrogen and oxygen atoms in total. The van der Waals surface area contributed by atoms with Gasteiger partial charge in [-0.3, -0.25) is 9.78 Å². The molecule has 35 heavy (non-hydrogen) atoms. The van der Waals surface area contributed by atoms with Crippen LogP contribution in [0.5, 0.6) is 11.5 Å². The molecule has 0 fully saturated rings. The molecule has 0 aliphatic carbocycles. The summed E-state index contributed by atoms with van der Waals surface area (Å²) < 4.78 is 53.5. The maximum absolute atomic E-state index is 14.0. The van der Waals surface area contributed by atoms with E-state index in [-0.39, 0.29) is 17.8 Å². The molecule has 1 aliphatic heterocycles. The third-order valence-electron chi connectivity index (χ3n) is 6.06. The molecule has 186 valence electrons. The lowest BCUT2D eigenvalue weighted by molar-refractivity contribution is -0.173. The van der Waals surface area contributed by atoms with E-state index in [2.05, 4.69) is 15.4 Å². The number of carbonyl (C=O) groups excluding carboxylic acids is 1. The number of aromatic nitrogens is 3.